The van der Waals surface area contributed by atoms with E-state index in [1.54, 1.807) is 6.20 Å². The molecule has 0 saturated carbocycles. The number of aromatic nitrogens is 5. The van der Waals surface area contributed by atoms with Crippen molar-refractivity contribution in [2.24, 2.45) is 7.05 Å². The lowest BCUT2D eigenvalue weighted by Gasteiger charge is -2.18. The van der Waals surface area contributed by atoms with Gasteiger partial charge in [-0.2, -0.15) is 5.10 Å². The summed E-state index contributed by atoms with van der Waals surface area (Å²) in [6, 6.07) is 5.97. The Labute approximate surface area is 128 Å². The summed E-state index contributed by atoms with van der Waals surface area (Å²) in [4.78, 5) is 9.16. The van der Waals surface area contributed by atoms with Gasteiger partial charge in [0.25, 0.3) is 0 Å². The lowest BCUT2D eigenvalue weighted by atomic mass is 10.2. The van der Waals surface area contributed by atoms with E-state index in [0.29, 0.717) is 0 Å². The third-order valence-electron chi connectivity index (χ3n) is 3.72. The van der Waals surface area contributed by atoms with E-state index in [2.05, 4.69) is 21.6 Å². The highest BCUT2D eigenvalue weighted by atomic mass is 35.5. The SMILES string of the molecule is Cc1nn(C)c2c1nc(C(C)Cl)n2C(C)c1ccccn1. The Morgan fingerprint density at radius 3 is 2.62 bits per heavy atom. The number of rotatable bonds is 3. The molecule has 0 radical (unpaired) electrons. The minimum absolute atomic E-state index is 0.0437. The maximum Gasteiger partial charge on any atom is 0.159 e. The Morgan fingerprint density at radius 2 is 2.00 bits per heavy atom. The lowest BCUT2D eigenvalue weighted by Crippen LogP contribution is -2.14. The number of hydrogen-bond donors (Lipinski definition) is 0. The molecule has 0 aromatic carbocycles. The number of hydrogen-bond acceptors (Lipinski definition) is 3. The topological polar surface area (TPSA) is 48.5 Å². The van der Waals surface area contributed by atoms with Crippen LogP contribution in [-0.2, 0) is 7.05 Å². The van der Waals surface area contributed by atoms with Crippen LogP contribution in [-0.4, -0.2) is 24.3 Å². The average Bonchev–Trinajstić information content (AvgIpc) is 2.99. The molecule has 5 nitrogen and oxygen atoms in total. The molecule has 0 N–H and O–H groups in total. The minimum Gasteiger partial charge on any atom is -0.303 e. The molecule has 3 aromatic heterocycles. The van der Waals surface area contributed by atoms with Crippen LogP contribution in [0.5, 0.6) is 0 Å². The Kier molecular flexibility index (Phi) is 3.45. The molecule has 0 saturated heterocycles. The van der Waals surface area contributed by atoms with E-state index in [9.17, 15) is 0 Å². The molecular weight excluding hydrogens is 286 g/mol. The van der Waals surface area contributed by atoms with Crippen molar-refractivity contribution in [3.8, 4) is 0 Å². The molecule has 3 aromatic rings. The van der Waals surface area contributed by atoms with Gasteiger partial charge in [0.2, 0.25) is 0 Å². The van der Waals surface area contributed by atoms with Gasteiger partial charge in [-0.3, -0.25) is 9.67 Å². The van der Waals surface area contributed by atoms with E-state index in [-0.39, 0.29) is 11.4 Å². The van der Waals surface area contributed by atoms with E-state index >= 15 is 0 Å². The Bertz CT molecular complexity index is 772. The van der Waals surface area contributed by atoms with E-state index in [1.807, 2.05) is 43.8 Å². The molecule has 0 aliphatic carbocycles. The number of fused-ring (bicyclic) bond motifs is 1. The first-order valence-electron chi connectivity index (χ1n) is 6.97. The first-order valence-corrected chi connectivity index (χ1v) is 7.40. The van der Waals surface area contributed by atoms with Gasteiger partial charge in [-0.05, 0) is 32.9 Å². The number of halogens is 1. The van der Waals surface area contributed by atoms with Crippen LogP contribution in [0, 0.1) is 6.92 Å². The van der Waals surface area contributed by atoms with Gasteiger partial charge in [0.1, 0.15) is 11.3 Å². The third kappa shape index (κ3) is 2.21. The molecule has 2 atom stereocenters. The molecule has 0 amide bonds. The van der Waals surface area contributed by atoms with E-state index in [1.165, 1.54) is 0 Å². The van der Waals surface area contributed by atoms with Crippen molar-refractivity contribution in [2.45, 2.75) is 32.2 Å². The summed E-state index contributed by atoms with van der Waals surface area (Å²) >= 11 is 6.34. The summed E-state index contributed by atoms with van der Waals surface area (Å²) in [5, 5.41) is 4.28. The van der Waals surface area contributed by atoms with Crippen LogP contribution in [0.1, 0.15) is 42.5 Å². The standard InChI is InChI=1S/C15H18ClN5/c1-9(16)14-18-13-10(2)19-20(4)15(13)21(14)11(3)12-7-5-6-8-17-12/h5-9,11H,1-4H3. The molecule has 3 rings (SSSR count). The second-order valence-corrected chi connectivity index (χ2v) is 5.92. The van der Waals surface area contributed by atoms with Gasteiger partial charge in [0, 0.05) is 13.2 Å². The maximum atomic E-state index is 6.34. The maximum absolute atomic E-state index is 6.34. The van der Waals surface area contributed by atoms with E-state index < -0.39 is 0 Å². The summed E-state index contributed by atoms with van der Waals surface area (Å²) in [7, 11) is 1.93. The largest absolute Gasteiger partial charge is 0.303 e. The minimum atomic E-state index is -0.178. The van der Waals surface area contributed by atoms with Gasteiger partial charge in [-0.1, -0.05) is 6.07 Å². The number of imidazole rings is 1. The number of nitrogens with zero attached hydrogens (tertiary/aromatic N) is 5. The average molecular weight is 304 g/mol. The van der Waals surface area contributed by atoms with Crippen molar-refractivity contribution in [1.82, 2.24) is 24.3 Å². The molecule has 21 heavy (non-hydrogen) atoms. The van der Waals surface area contributed by atoms with Crippen molar-refractivity contribution in [2.75, 3.05) is 0 Å². The summed E-state index contributed by atoms with van der Waals surface area (Å²) in [6.45, 7) is 6.01. The zero-order valence-electron chi connectivity index (χ0n) is 12.6. The van der Waals surface area contributed by atoms with Crippen molar-refractivity contribution >= 4 is 22.8 Å². The summed E-state index contributed by atoms with van der Waals surface area (Å²) in [6.07, 6.45) is 1.80. The molecule has 0 aliphatic rings. The van der Waals surface area contributed by atoms with Crippen LogP contribution in [0.15, 0.2) is 24.4 Å². The summed E-state index contributed by atoms with van der Waals surface area (Å²) in [5.74, 6) is 0.848. The fraction of sp³-hybridized carbons (Fsp3) is 0.400. The number of alkyl halides is 1. The van der Waals surface area contributed by atoms with Gasteiger partial charge in [0.15, 0.2) is 5.65 Å². The van der Waals surface area contributed by atoms with Gasteiger partial charge < -0.3 is 4.57 Å². The van der Waals surface area contributed by atoms with Crippen molar-refractivity contribution in [1.29, 1.82) is 0 Å². The van der Waals surface area contributed by atoms with Crippen LogP contribution in [0.3, 0.4) is 0 Å². The molecule has 2 unspecified atom stereocenters. The van der Waals surface area contributed by atoms with Crippen molar-refractivity contribution in [3.05, 3.63) is 41.6 Å². The Morgan fingerprint density at radius 1 is 1.24 bits per heavy atom. The van der Waals surface area contributed by atoms with Crippen LogP contribution in [0.25, 0.3) is 11.2 Å². The Hall–Kier alpha value is -1.88. The second-order valence-electron chi connectivity index (χ2n) is 5.27. The van der Waals surface area contributed by atoms with Crippen molar-refractivity contribution in [3.63, 3.8) is 0 Å². The predicted molar refractivity (Wildman–Crippen MR) is 83.6 cm³/mol. The zero-order chi connectivity index (χ0) is 15.1. The quantitative estimate of drug-likeness (QED) is 0.697. The second kappa shape index (κ2) is 5.15. The first-order chi connectivity index (χ1) is 10.0. The fourth-order valence-electron chi connectivity index (χ4n) is 2.73. The highest BCUT2D eigenvalue weighted by molar-refractivity contribution is 6.20. The van der Waals surface area contributed by atoms with E-state index in [0.717, 1.165) is 28.4 Å². The Balaban J connectivity index is 2.27. The summed E-state index contributed by atoms with van der Waals surface area (Å²) in [5.41, 5.74) is 3.78. The molecule has 0 bridgehead atoms. The molecule has 0 spiro atoms. The van der Waals surface area contributed by atoms with Crippen LogP contribution < -0.4 is 0 Å². The highest BCUT2D eigenvalue weighted by Crippen LogP contribution is 2.31. The monoisotopic (exact) mass is 303 g/mol. The van der Waals surface area contributed by atoms with Gasteiger partial charge in [-0.15, -0.1) is 11.6 Å². The van der Waals surface area contributed by atoms with Crippen LogP contribution >= 0.6 is 11.6 Å². The highest BCUT2D eigenvalue weighted by Gasteiger charge is 2.24. The fourth-order valence-corrected chi connectivity index (χ4v) is 2.88. The van der Waals surface area contributed by atoms with Crippen LogP contribution in [0.4, 0.5) is 0 Å². The molecule has 0 aliphatic heterocycles. The lowest BCUT2D eigenvalue weighted by molar-refractivity contribution is 0.582. The molecule has 0 fully saturated rings. The number of pyridine rings is 1. The molecular formula is C15H18ClN5. The predicted octanol–water partition coefficient (Wildman–Crippen LogP) is 3.38. The normalized spacial score (nSPS) is 14.5. The van der Waals surface area contributed by atoms with Crippen molar-refractivity contribution < 1.29 is 0 Å². The molecule has 6 heteroatoms. The summed E-state index contributed by atoms with van der Waals surface area (Å²) < 4.78 is 4.00. The number of aryl methyl sites for hydroxylation is 2. The smallest absolute Gasteiger partial charge is 0.159 e. The molecule has 110 valence electrons. The van der Waals surface area contributed by atoms with Gasteiger partial charge in [-0.25, -0.2) is 4.98 Å². The third-order valence-corrected chi connectivity index (χ3v) is 3.92. The van der Waals surface area contributed by atoms with Crippen LogP contribution in [0.2, 0.25) is 0 Å². The zero-order valence-corrected chi connectivity index (χ0v) is 13.3. The van der Waals surface area contributed by atoms with Gasteiger partial charge in [0.05, 0.1) is 22.8 Å². The van der Waals surface area contributed by atoms with Gasteiger partial charge >= 0.3 is 0 Å². The first kappa shape index (κ1) is 14.1. The molecule has 3 heterocycles. The van der Waals surface area contributed by atoms with E-state index in [4.69, 9.17) is 16.6 Å².